The van der Waals surface area contributed by atoms with Crippen LogP contribution in [-0.2, 0) is 4.79 Å². The molecule has 148 valence electrons. The number of H-pyrrole nitrogens is 2. The summed E-state index contributed by atoms with van der Waals surface area (Å²) in [6.45, 7) is 1.55. The van der Waals surface area contributed by atoms with Crippen LogP contribution >= 0.6 is 11.8 Å². The van der Waals surface area contributed by atoms with Crippen LogP contribution in [-0.4, -0.2) is 31.7 Å². The van der Waals surface area contributed by atoms with Crippen LogP contribution < -0.4 is 0 Å². The number of nitrogens with one attached hydrogen (secondary N) is 2. The molecule has 5 rings (SSSR count). The molecule has 3 aromatic heterocycles. The highest BCUT2D eigenvalue weighted by Crippen LogP contribution is 2.34. The molecular formula is C23H18N4O2S. The molecule has 6 nitrogen and oxygen atoms in total. The van der Waals surface area contributed by atoms with Gasteiger partial charge in [-0.25, -0.2) is 0 Å². The van der Waals surface area contributed by atoms with Crippen LogP contribution in [0.1, 0.15) is 6.92 Å². The van der Waals surface area contributed by atoms with Gasteiger partial charge < -0.3 is 14.4 Å². The number of rotatable bonds is 6. The Morgan fingerprint density at radius 3 is 2.63 bits per heavy atom. The Morgan fingerprint density at radius 2 is 1.80 bits per heavy atom. The molecular weight excluding hydrogens is 396 g/mol. The normalized spacial score (nSPS) is 11.2. The molecule has 7 heteroatoms. The van der Waals surface area contributed by atoms with Crippen molar-refractivity contribution in [3.63, 3.8) is 0 Å². The summed E-state index contributed by atoms with van der Waals surface area (Å²) in [6, 6.07) is 22.3. The maximum Gasteiger partial charge on any atom is 0.197 e. The largest absolute Gasteiger partial charge is 0.453 e. The Balaban J connectivity index is 1.48. The molecule has 0 radical (unpaired) electrons. The van der Waals surface area contributed by atoms with E-state index in [1.54, 1.807) is 6.92 Å². The second-order valence-electron chi connectivity index (χ2n) is 6.95. The van der Waals surface area contributed by atoms with E-state index in [2.05, 4.69) is 44.4 Å². The number of aromatic amines is 2. The van der Waals surface area contributed by atoms with Gasteiger partial charge in [-0.2, -0.15) is 0 Å². The second-order valence-corrected chi connectivity index (χ2v) is 7.91. The smallest absolute Gasteiger partial charge is 0.197 e. The highest BCUT2D eigenvalue weighted by Gasteiger charge is 2.15. The Morgan fingerprint density at radius 1 is 0.967 bits per heavy atom. The highest BCUT2D eigenvalue weighted by molar-refractivity contribution is 7.99. The van der Waals surface area contributed by atoms with Gasteiger partial charge in [0.05, 0.1) is 5.75 Å². The number of hydrogen-bond donors (Lipinski definition) is 2. The first-order valence-electron chi connectivity index (χ1n) is 9.50. The molecule has 5 aromatic rings. The van der Waals surface area contributed by atoms with E-state index in [4.69, 9.17) is 4.42 Å². The van der Waals surface area contributed by atoms with Gasteiger partial charge in [0.1, 0.15) is 11.5 Å². The van der Waals surface area contributed by atoms with E-state index < -0.39 is 0 Å². The van der Waals surface area contributed by atoms with E-state index >= 15 is 0 Å². The topological polar surface area (TPSA) is 87.6 Å². The van der Waals surface area contributed by atoms with Crippen LogP contribution in [0.2, 0.25) is 0 Å². The molecule has 0 amide bonds. The maximum absolute atomic E-state index is 11.1. The fourth-order valence-corrected chi connectivity index (χ4v) is 3.95. The highest BCUT2D eigenvalue weighted by atomic mass is 32.2. The summed E-state index contributed by atoms with van der Waals surface area (Å²) in [6.07, 6.45) is 0. The third kappa shape index (κ3) is 3.55. The van der Waals surface area contributed by atoms with Crippen molar-refractivity contribution in [1.29, 1.82) is 0 Å². The van der Waals surface area contributed by atoms with Crippen molar-refractivity contribution in [3.05, 3.63) is 66.7 Å². The molecule has 0 aliphatic heterocycles. The molecule has 0 saturated heterocycles. The monoisotopic (exact) mass is 414 g/mol. The minimum atomic E-state index is 0.0905. The van der Waals surface area contributed by atoms with Crippen LogP contribution in [0, 0.1) is 0 Å². The number of fused-ring (bicyclic) bond motifs is 1. The first-order valence-corrected chi connectivity index (χ1v) is 10.5. The predicted molar refractivity (Wildman–Crippen MR) is 118 cm³/mol. The number of benzene rings is 2. The van der Waals surface area contributed by atoms with E-state index in [9.17, 15) is 4.79 Å². The summed E-state index contributed by atoms with van der Waals surface area (Å²) in [7, 11) is 0. The minimum absolute atomic E-state index is 0.0905. The molecule has 0 spiro atoms. The number of Topliss-reactive ketones (excluding diaryl/α,β-unsaturated/α-hetero) is 1. The van der Waals surface area contributed by atoms with Crippen LogP contribution in [0.25, 0.3) is 45.1 Å². The van der Waals surface area contributed by atoms with Crippen molar-refractivity contribution in [3.8, 4) is 34.2 Å². The number of furan rings is 1. The first-order chi connectivity index (χ1) is 14.7. The van der Waals surface area contributed by atoms with E-state index in [0.717, 1.165) is 33.5 Å². The lowest BCUT2D eigenvalue weighted by atomic mass is 10.1. The summed E-state index contributed by atoms with van der Waals surface area (Å²) < 4.78 is 6.09. The number of aromatic nitrogens is 4. The number of carbonyl (C=O) groups excluding carboxylic acids is 1. The van der Waals surface area contributed by atoms with Crippen molar-refractivity contribution in [1.82, 2.24) is 20.2 Å². The molecule has 0 aliphatic carbocycles. The van der Waals surface area contributed by atoms with E-state index in [0.29, 0.717) is 22.5 Å². The maximum atomic E-state index is 11.1. The third-order valence-electron chi connectivity index (χ3n) is 4.73. The Labute approximate surface area is 176 Å². The van der Waals surface area contributed by atoms with Crippen molar-refractivity contribution < 1.29 is 9.21 Å². The zero-order chi connectivity index (χ0) is 20.5. The van der Waals surface area contributed by atoms with Gasteiger partial charge in [0.25, 0.3) is 0 Å². The number of thioether (sulfide) groups is 1. The lowest BCUT2D eigenvalue weighted by Gasteiger charge is -1.99. The minimum Gasteiger partial charge on any atom is -0.453 e. The standard InChI is InChI=1S/C23H18N4O2S/c1-14(28)13-30-23-25-22(26-27-23)21-11-10-20(29-21)16-8-5-9-18-17(16)12-19(24-18)15-6-3-2-4-7-15/h2-12,24H,13H2,1H3,(H,25,26,27). The van der Waals surface area contributed by atoms with Gasteiger partial charge in [0.15, 0.2) is 16.7 Å². The van der Waals surface area contributed by atoms with Gasteiger partial charge in [0, 0.05) is 22.2 Å². The summed E-state index contributed by atoms with van der Waals surface area (Å²) in [5.41, 5.74) is 4.25. The van der Waals surface area contributed by atoms with Crippen molar-refractivity contribution in [2.24, 2.45) is 0 Å². The molecule has 0 saturated carbocycles. The number of hydrogen-bond acceptors (Lipinski definition) is 5. The van der Waals surface area contributed by atoms with Gasteiger partial charge in [-0.1, -0.05) is 54.2 Å². The summed E-state index contributed by atoms with van der Waals surface area (Å²) in [5, 5.41) is 9.90. The van der Waals surface area contributed by atoms with E-state index in [1.165, 1.54) is 11.8 Å². The van der Waals surface area contributed by atoms with Gasteiger partial charge in [-0.15, -0.1) is 10.2 Å². The molecule has 0 fully saturated rings. The molecule has 30 heavy (non-hydrogen) atoms. The van der Waals surface area contributed by atoms with Crippen molar-refractivity contribution in [2.45, 2.75) is 12.1 Å². The fourth-order valence-electron chi connectivity index (χ4n) is 3.35. The average molecular weight is 414 g/mol. The Hall–Kier alpha value is -3.58. The Bertz CT molecular complexity index is 1330. The van der Waals surface area contributed by atoms with Crippen LogP contribution in [0.5, 0.6) is 0 Å². The average Bonchev–Trinajstić information content (AvgIpc) is 3.51. The second kappa shape index (κ2) is 7.68. The first kappa shape index (κ1) is 18.4. The Kier molecular flexibility index (Phi) is 4.72. The van der Waals surface area contributed by atoms with Crippen LogP contribution in [0.4, 0.5) is 0 Å². The summed E-state index contributed by atoms with van der Waals surface area (Å²) in [5.74, 6) is 2.34. The van der Waals surface area contributed by atoms with Crippen molar-refractivity contribution >= 4 is 28.4 Å². The number of carbonyl (C=O) groups is 1. The van der Waals surface area contributed by atoms with Crippen LogP contribution in [0.3, 0.4) is 0 Å². The van der Waals surface area contributed by atoms with Crippen LogP contribution in [0.15, 0.2) is 76.3 Å². The lowest BCUT2D eigenvalue weighted by molar-refractivity contribution is -0.114. The summed E-state index contributed by atoms with van der Waals surface area (Å²) >= 11 is 1.33. The van der Waals surface area contributed by atoms with Gasteiger partial charge >= 0.3 is 0 Å². The molecule has 0 atom stereocenters. The summed E-state index contributed by atoms with van der Waals surface area (Å²) in [4.78, 5) is 17.7. The van der Waals surface area contributed by atoms with Gasteiger partial charge in [0.2, 0.25) is 0 Å². The quantitative estimate of drug-likeness (QED) is 0.355. The van der Waals surface area contributed by atoms with Crippen molar-refractivity contribution in [2.75, 3.05) is 5.75 Å². The van der Waals surface area contributed by atoms with Gasteiger partial charge in [-0.3, -0.25) is 4.79 Å². The molecule has 2 N–H and O–H groups in total. The predicted octanol–water partition coefficient (Wildman–Crippen LogP) is 5.56. The zero-order valence-electron chi connectivity index (χ0n) is 16.2. The molecule has 0 aliphatic rings. The molecule has 0 bridgehead atoms. The third-order valence-corrected chi connectivity index (χ3v) is 5.74. The molecule has 2 aromatic carbocycles. The zero-order valence-corrected chi connectivity index (χ0v) is 17.0. The lowest BCUT2D eigenvalue weighted by Crippen LogP contribution is -1.93. The molecule has 3 heterocycles. The number of nitrogens with zero attached hydrogens (tertiary/aromatic N) is 2. The van der Waals surface area contributed by atoms with Gasteiger partial charge in [-0.05, 0) is 36.8 Å². The fraction of sp³-hybridized carbons (Fsp3) is 0.0870. The van der Waals surface area contributed by atoms with E-state index in [1.807, 2.05) is 42.5 Å². The number of ketones is 1. The SMILES string of the molecule is CC(=O)CSc1nnc(-c2ccc(-c3cccc4[nH]c(-c5ccccc5)cc34)o2)[nH]1. The van der Waals surface area contributed by atoms with E-state index in [-0.39, 0.29) is 5.78 Å². The molecule has 0 unspecified atom stereocenters.